The van der Waals surface area contributed by atoms with Crippen LogP contribution in [0.5, 0.6) is 0 Å². The summed E-state index contributed by atoms with van der Waals surface area (Å²) >= 11 is 0. The average Bonchev–Trinajstić information content (AvgIpc) is 1.80. The van der Waals surface area contributed by atoms with Crippen LogP contribution in [0.15, 0.2) is 0 Å². The molecule has 0 saturated heterocycles. The van der Waals surface area contributed by atoms with E-state index in [1.807, 2.05) is 0 Å². The van der Waals surface area contributed by atoms with Crippen LogP contribution < -0.4 is 0 Å². The summed E-state index contributed by atoms with van der Waals surface area (Å²) in [4.78, 5) is 28.0. The van der Waals surface area contributed by atoms with Crippen molar-refractivity contribution in [2.24, 2.45) is 0 Å². The first kappa shape index (κ1) is 11.6. The summed E-state index contributed by atoms with van der Waals surface area (Å²) in [5.74, 6) is -1.07. The van der Waals surface area contributed by atoms with Crippen LogP contribution in [0.25, 0.3) is 0 Å². The maximum Gasteiger partial charge on any atom is 0.326 e. The third-order valence-corrected chi connectivity index (χ3v) is 1.85. The molecule has 6 nitrogen and oxygen atoms in total. The molecule has 0 bridgehead atoms. The predicted molar refractivity (Wildman–Crippen MR) is 41.5 cm³/mol. The van der Waals surface area contributed by atoms with Gasteiger partial charge in [0.15, 0.2) is 0 Å². The van der Waals surface area contributed by atoms with Crippen molar-refractivity contribution in [2.75, 3.05) is 19.3 Å². The van der Waals surface area contributed by atoms with Crippen LogP contribution >= 0.6 is 7.60 Å². The number of hydrogen-bond acceptors (Lipinski definition) is 3. The number of rotatable bonds is 5. The molecule has 0 aromatic heterocycles. The fourth-order valence-corrected chi connectivity index (χ4v) is 1.09. The summed E-state index contributed by atoms with van der Waals surface area (Å²) in [6, 6.07) is 0. The molecular weight excluding hydrogens is 185 g/mol. The van der Waals surface area contributed by atoms with Gasteiger partial charge in [-0.2, -0.15) is 0 Å². The minimum absolute atomic E-state index is 0.0312. The lowest BCUT2D eigenvalue weighted by Gasteiger charge is -2.13. The lowest BCUT2D eigenvalue weighted by molar-refractivity contribution is -0.137. The highest BCUT2D eigenvalue weighted by Gasteiger charge is 2.14. The quantitative estimate of drug-likeness (QED) is 0.505. The first-order valence-corrected chi connectivity index (χ1v) is 4.93. The Morgan fingerprint density at radius 1 is 1.50 bits per heavy atom. The van der Waals surface area contributed by atoms with E-state index in [1.54, 1.807) is 0 Å². The zero-order valence-electron chi connectivity index (χ0n) is 6.38. The summed E-state index contributed by atoms with van der Waals surface area (Å²) in [6.45, 7) is -0.351. The Balaban J connectivity index is 3.65. The molecule has 71 valence electrons. The van der Waals surface area contributed by atoms with Gasteiger partial charge in [-0.05, 0) is 0 Å². The van der Waals surface area contributed by atoms with Crippen molar-refractivity contribution in [1.82, 2.24) is 4.90 Å². The highest BCUT2D eigenvalue weighted by Crippen LogP contribution is 2.33. The zero-order valence-corrected chi connectivity index (χ0v) is 7.28. The number of nitrogens with zero attached hydrogens (tertiary/aromatic N) is 1. The molecule has 0 fully saturated rings. The fourth-order valence-electron chi connectivity index (χ4n) is 0.542. The van der Waals surface area contributed by atoms with Crippen LogP contribution in [0.2, 0.25) is 0 Å². The standard InChI is InChI=1S/C5H11NO5P/c1-6(4-5(7)8)2-3-12(9,10)11/h1-4H2,(H,7,8)(H2,9,10,11). The van der Waals surface area contributed by atoms with Gasteiger partial charge in [-0.15, -0.1) is 0 Å². The molecule has 0 aliphatic rings. The lowest BCUT2D eigenvalue weighted by Crippen LogP contribution is -2.26. The van der Waals surface area contributed by atoms with E-state index in [0.29, 0.717) is 0 Å². The van der Waals surface area contributed by atoms with E-state index in [1.165, 1.54) is 0 Å². The largest absolute Gasteiger partial charge is 0.480 e. The summed E-state index contributed by atoms with van der Waals surface area (Å²) in [6.07, 6.45) is -0.371. The van der Waals surface area contributed by atoms with E-state index in [0.717, 1.165) is 4.90 Å². The maximum absolute atomic E-state index is 10.3. The summed E-state index contributed by atoms with van der Waals surface area (Å²) in [5.41, 5.74) is 0. The Morgan fingerprint density at radius 3 is 2.33 bits per heavy atom. The van der Waals surface area contributed by atoms with Gasteiger partial charge >= 0.3 is 13.6 Å². The lowest BCUT2D eigenvalue weighted by atomic mass is 10.5. The van der Waals surface area contributed by atoms with Crippen molar-refractivity contribution < 1.29 is 24.3 Å². The molecule has 0 atom stereocenters. The zero-order chi connectivity index (χ0) is 9.78. The van der Waals surface area contributed by atoms with Gasteiger partial charge in [-0.25, -0.2) is 0 Å². The van der Waals surface area contributed by atoms with Crippen molar-refractivity contribution >= 4 is 13.6 Å². The van der Waals surface area contributed by atoms with Crippen LogP contribution in [0.1, 0.15) is 0 Å². The smallest absolute Gasteiger partial charge is 0.326 e. The minimum Gasteiger partial charge on any atom is -0.480 e. The summed E-state index contributed by atoms with van der Waals surface area (Å²) in [5, 5.41) is 8.24. The van der Waals surface area contributed by atoms with Crippen molar-refractivity contribution in [3.8, 4) is 0 Å². The Morgan fingerprint density at radius 2 is 2.00 bits per heavy atom. The van der Waals surface area contributed by atoms with E-state index >= 15 is 0 Å². The van der Waals surface area contributed by atoms with Gasteiger partial charge in [-0.1, -0.05) is 0 Å². The second-order valence-electron chi connectivity index (χ2n) is 2.33. The third kappa shape index (κ3) is 7.68. The molecular formula is C5H11NO5P. The van der Waals surface area contributed by atoms with Gasteiger partial charge in [0.2, 0.25) is 0 Å². The summed E-state index contributed by atoms with van der Waals surface area (Å²) < 4.78 is 10.3. The van der Waals surface area contributed by atoms with Crippen molar-refractivity contribution in [3.63, 3.8) is 0 Å². The monoisotopic (exact) mass is 196 g/mol. The van der Waals surface area contributed by atoms with Crippen molar-refractivity contribution in [1.29, 1.82) is 0 Å². The highest BCUT2D eigenvalue weighted by molar-refractivity contribution is 7.51. The molecule has 0 aliphatic heterocycles. The van der Waals surface area contributed by atoms with Crippen molar-refractivity contribution in [2.45, 2.75) is 0 Å². The van der Waals surface area contributed by atoms with Gasteiger partial charge in [0.05, 0.1) is 12.7 Å². The fraction of sp³-hybridized carbons (Fsp3) is 0.600. The summed E-state index contributed by atoms with van der Waals surface area (Å²) in [7, 11) is -0.747. The van der Waals surface area contributed by atoms with Gasteiger partial charge in [0.25, 0.3) is 0 Å². The Bertz CT molecular complexity index is 200. The number of aliphatic carboxylic acids is 1. The molecule has 0 rings (SSSR count). The van der Waals surface area contributed by atoms with Crippen LogP contribution in [-0.2, 0) is 9.36 Å². The van der Waals surface area contributed by atoms with Crippen LogP contribution in [0.4, 0.5) is 0 Å². The highest BCUT2D eigenvalue weighted by atomic mass is 31.2. The first-order valence-electron chi connectivity index (χ1n) is 3.13. The minimum atomic E-state index is -4.04. The first-order chi connectivity index (χ1) is 5.31. The molecule has 0 aliphatic carbocycles. The number of carboxylic acid groups (broad SMARTS) is 1. The third-order valence-electron chi connectivity index (χ3n) is 1.07. The molecule has 0 saturated carbocycles. The molecule has 7 heteroatoms. The number of carboxylic acids is 1. The van der Waals surface area contributed by atoms with E-state index in [2.05, 4.69) is 7.05 Å². The Kier molecular flexibility index (Phi) is 4.41. The molecule has 0 aromatic rings. The normalized spacial score (nSPS) is 12.0. The predicted octanol–water partition coefficient (Wildman–Crippen LogP) is -0.658. The number of carbonyl (C=O) groups is 1. The van der Waals surface area contributed by atoms with E-state index in [4.69, 9.17) is 14.9 Å². The van der Waals surface area contributed by atoms with E-state index < -0.39 is 13.6 Å². The molecule has 0 heterocycles. The van der Waals surface area contributed by atoms with Crippen LogP contribution in [0.3, 0.4) is 0 Å². The topological polar surface area (TPSA) is 98.1 Å². The van der Waals surface area contributed by atoms with Crippen LogP contribution in [-0.4, -0.2) is 45.0 Å². The molecule has 3 N–H and O–H groups in total. The molecule has 0 aromatic carbocycles. The Hall–Kier alpha value is -0.420. The van der Waals surface area contributed by atoms with Gasteiger partial charge < -0.3 is 14.9 Å². The van der Waals surface area contributed by atoms with E-state index in [9.17, 15) is 9.36 Å². The maximum atomic E-state index is 10.3. The SMILES string of the molecule is [CH2]N(CCP(=O)(O)O)CC(=O)O. The van der Waals surface area contributed by atoms with Crippen LogP contribution in [0, 0.1) is 7.05 Å². The van der Waals surface area contributed by atoms with Gasteiger partial charge in [-0.3, -0.25) is 14.3 Å². The van der Waals surface area contributed by atoms with Gasteiger partial charge in [0, 0.05) is 13.6 Å². The number of hydrogen-bond donors (Lipinski definition) is 3. The van der Waals surface area contributed by atoms with E-state index in [-0.39, 0.29) is 19.3 Å². The molecule has 0 amide bonds. The molecule has 12 heavy (non-hydrogen) atoms. The second kappa shape index (κ2) is 4.57. The average molecular weight is 196 g/mol. The Labute approximate surface area is 70.0 Å². The van der Waals surface area contributed by atoms with Crippen molar-refractivity contribution in [3.05, 3.63) is 7.05 Å². The van der Waals surface area contributed by atoms with Gasteiger partial charge in [0.1, 0.15) is 0 Å². The molecule has 1 radical (unpaired) electrons. The second-order valence-corrected chi connectivity index (χ2v) is 4.11. The molecule has 0 unspecified atom stereocenters. The molecule has 0 spiro atoms.